The minimum Gasteiger partial charge on any atom is -0.351 e. The van der Waals surface area contributed by atoms with Crippen molar-refractivity contribution < 1.29 is 4.79 Å². The Hall–Kier alpha value is -1.27. The number of carbonyl (C=O) groups is 1. The van der Waals surface area contributed by atoms with Crippen LogP contribution in [0.4, 0.5) is 5.69 Å². The van der Waals surface area contributed by atoms with Crippen molar-refractivity contribution in [2.45, 2.75) is 30.4 Å². The van der Waals surface area contributed by atoms with Gasteiger partial charge in [0.2, 0.25) is 0 Å². The van der Waals surface area contributed by atoms with Gasteiger partial charge in [-0.15, -0.1) is 0 Å². The summed E-state index contributed by atoms with van der Waals surface area (Å²) in [4.78, 5) is 16.2. The molecule has 2 rings (SSSR count). The molecule has 1 heterocycles. The Kier molecular flexibility index (Phi) is 4.66. The first-order valence-electron chi connectivity index (χ1n) is 6.45. The second-order valence-electron chi connectivity index (χ2n) is 4.84. The number of pyridine rings is 1. The average molecular weight is 280 g/mol. The topological polar surface area (TPSA) is 80.0 Å². The largest absolute Gasteiger partial charge is 0.351 e. The summed E-state index contributed by atoms with van der Waals surface area (Å²) in [6.07, 6.45) is 10.1. The molecular weight excluding hydrogens is 260 g/mol. The van der Waals surface area contributed by atoms with Crippen LogP contribution in [0.25, 0.3) is 0 Å². The molecule has 0 atom stereocenters. The van der Waals surface area contributed by atoms with Gasteiger partial charge >= 0.3 is 0 Å². The van der Waals surface area contributed by atoms with Gasteiger partial charge < -0.3 is 10.7 Å². The predicted molar refractivity (Wildman–Crippen MR) is 79.1 cm³/mol. The highest BCUT2D eigenvalue weighted by Crippen LogP contribution is 2.39. The lowest BCUT2D eigenvalue weighted by Gasteiger charge is -2.27. The van der Waals surface area contributed by atoms with Crippen molar-refractivity contribution in [1.29, 1.82) is 0 Å². The number of nitrogens with two attached hydrogens (primary N) is 1. The fraction of sp³-hybridized carbons (Fsp3) is 0.538. The number of carbonyl (C=O) groups excluding carboxylic acids is 1. The second kappa shape index (κ2) is 6.25. The molecule has 0 unspecified atom stereocenters. The van der Waals surface area contributed by atoms with Crippen LogP contribution in [-0.2, 0) is 0 Å². The maximum Gasteiger partial charge on any atom is 0.255 e. The number of rotatable bonds is 5. The number of anilines is 1. The molecule has 4 N–H and O–H groups in total. The Morgan fingerprint density at radius 2 is 2.26 bits per heavy atom. The van der Waals surface area contributed by atoms with E-state index in [1.807, 2.05) is 11.8 Å². The van der Waals surface area contributed by atoms with Gasteiger partial charge in [0.25, 0.3) is 5.91 Å². The zero-order chi connectivity index (χ0) is 13.7. The van der Waals surface area contributed by atoms with E-state index in [4.69, 9.17) is 5.84 Å². The van der Waals surface area contributed by atoms with Gasteiger partial charge in [-0.25, -0.2) is 0 Å². The van der Waals surface area contributed by atoms with E-state index in [0.29, 0.717) is 17.8 Å². The number of aromatic nitrogens is 1. The summed E-state index contributed by atoms with van der Waals surface area (Å²) >= 11 is 1.86. The summed E-state index contributed by atoms with van der Waals surface area (Å²) in [6, 6.07) is 1.69. The fourth-order valence-electron chi connectivity index (χ4n) is 2.51. The van der Waals surface area contributed by atoms with Crippen LogP contribution in [0.1, 0.15) is 36.0 Å². The number of amides is 1. The fourth-order valence-corrected chi connectivity index (χ4v) is 3.42. The maximum atomic E-state index is 12.2. The van der Waals surface area contributed by atoms with E-state index in [1.54, 1.807) is 12.3 Å². The molecule has 5 nitrogen and oxygen atoms in total. The van der Waals surface area contributed by atoms with Crippen LogP contribution in [0.5, 0.6) is 0 Å². The van der Waals surface area contributed by atoms with Crippen LogP contribution in [0, 0.1) is 0 Å². The van der Waals surface area contributed by atoms with E-state index < -0.39 is 0 Å². The molecule has 6 heteroatoms. The van der Waals surface area contributed by atoms with Crippen LogP contribution >= 0.6 is 11.8 Å². The molecule has 104 valence electrons. The lowest BCUT2D eigenvalue weighted by molar-refractivity contribution is 0.0950. The van der Waals surface area contributed by atoms with E-state index in [0.717, 1.165) is 0 Å². The molecule has 19 heavy (non-hydrogen) atoms. The first-order valence-corrected chi connectivity index (χ1v) is 7.67. The van der Waals surface area contributed by atoms with Gasteiger partial charge in [0.1, 0.15) is 0 Å². The lowest BCUT2D eigenvalue weighted by atomic mass is 10.1. The van der Waals surface area contributed by atoms with Gasteiger partial charge in [-0.1, -0.05) is 12.8 Å². The third kappa shape index (κ3) is 3.19. The van der Waals surface area contributed by atoms with Gasteiger partial charge in [-0.05, 0) is 25.2 Å². The number of nitrogen functional groups attached to an aromatic ring is 1. The van der Waals surface area contributed by atoms with Crippen LogP contribution in [0.15, 0.2) is 18.5 Å². The number of nitrogens with one attached hydrogen (secondary N) is 2. The smallest absolute Gasteiger partial charge is 0.255 e. The summed E-state index contributed by atoms with van der Waals surface area (Å²) in [5.74, 6) is 5.27. The Labute approximate surface area is 117 Å². The second-order valence-corrected chi connectivity index (χ2v) is 6.12. The van der Waals surface area contributed by atoms with Crippen LogP contribution < -0.4 is 16.6 Å². The van der Waals surface area contributed by atoms with Crippen molar-refractivity contribution in [2.75, 3.05) is 18.2 Å². The van der Waals surface area contributed by atoms with Gasteiger partial charge in [-0.3, -0.25) is 15.6 Å². The molecule has 0 bridgehead atoms. The molecule has 1 saturated carbocycles. The third-order valence-electron chi connectivity index (χ3n) is 3.74. The summed E-state index contributed by atoms with van der Waals surface area (Å²) in [7, 11) is 0. The Morgan fingerprint density at radius 3 is 2.89 bits per heavy atom. The van der Waals surface area contributed by atoms with Crippen molar-refractivity contribution in [3.05, 3.63) is 24.0 Å². The van der Waals surface area contributed by atoms with Crippen molar-refractivity contribution in [1.82, 2.24) is 10.3 Å². The normalized spacial score (nSPS) is 17.2. The summed E-state index contributed by atoms with van der Waals surface area (Å²) < 4.78 is 0.203. The van der Waals surface area contributed by atoms with Gasteiger partial charge in [0, 0.05) is 23.7 Å². The van der Waals surface area contributed by atoms with Crippen molar-refractivity contribution in [3.63, 3.8) is 0 Å². The number of thioether (sulfide) groups is 1. The van der Waals surface area contributed by atoms with Crippen LogP contribution in [0.3, 0.4) is 0 Å². The van der Waals surface area contributed by atoms with Crippen molar-refractivity contribution in [3.8, 4) is 0 Å². The Bertz CT molecular complexity index is 446. The zero-order valence-corrected chi connectivity index (χ0v) is 11.9. The first-order chi connectivity index (χ1) is 9.21. The molecule has 1 aliphatic rings. The van der Waals surface area contributed by atoms with E-state index in [1.165, 1.54) is 31.9 Å². The minimum atomic E-state index is -0.124. The van der Waals surface area contributed by atoms with Gasteiger partial charge in [-0.2, -0.15) is 11.8 Å². The highest BCUT2D eigenvalue weighted by molar-refractivity contribution is 8.00. The molecule has 1 aromatic heterocycles. The highest BCUT2D eigenvalue weighted by atomic mass is 32.2. The van der Waals surface area contributed by atoms with Gasteiger partial charge in [0.05, 0.1) is 11.3 Å². The van der Waals surface area contributed by atoms with E-state index in [2.05, 4.69) is 22.0 Å². The molecule has 0 aromatic carbocycles. The summed E-state index contributed by atoms with van der Waals surface area (Å²) in [5.41, 5.74) is 3.60. The monoisotopic (exact) mass is 280 g/mol. The number of hydrogen-bond donors (Lipinski definition) is 3. The SMILES string of the molecule is CSC1(CNC(=O)c2cnccc2NN)CCCC1. The first kappa shape index (κ1) is 14.1. The molecule has 0 aliphatic heterocycles. The van der Waals surface area contributed by atoms with Gasteiger partial charge in [0.15, 0.2) is 0 Å². The van der Waals surface area contributed by atoms with Crippen LogP contribution in [-0.4, -0.2) is 28.4 Å². The average Bonchev–Trinajstić information content (AvgIpc) is 2.94. The maximum absolute atomic E-state index is 12.2. The number of hydrazine groups is 1. The Morgan fingerprint density at radius 1 is 1.53 bits per heavy atom. The highest BCUT2D eigenvalue weighted by Gasteiger charge is 2.33. The van der Waals surface area contributed by atoms with E-state index >= 15 is 0 Å². The molecule has 0 spiro atoms. The molecule has 1 aromatic rings. The standard InChI is InChI=1S/C13H20N4OS/c1-19-13(5-2-3-6-13)9-16-12(18)10-8-15-7-4-11(10)17-14/h4,7-8H,2-3,5-6,9,14H2,1H3,(H,15,17)(H,16,18). The minimum absolute atomic E-state index is 0.124. The number of nitrogens with zero attached hydrogens (tertiary/aromatic N) is 1. The van der Waals surface area contributed by atoms with E-state index in [-0.39, 0.29) is 10.7 Å². The lowest BCUT2D eigenvalue weighted by Crippen LogP contribution is -2.38. The Balaban J connectivity index is 2.01. The van der Waals surface area contributed by atoms with Crippen LogP contribution in [0.2, 0.25) is 0 Å². The predicted octanol–water partition coefficient (Wildman–Crippen LogP) is 1.77. The van der Waals surface area contributed by atoms with Crippen molar-refractivity contribution in [2.24, 2.45) is 5.84 Å². The molecule has 0 radical (unpaired) electrons. The van der Waals surface area contributed by atoms with E-state index in [9.17, 15) is 4.79 Å². The summed E-state index contributed by atoms with van der Waals surface area (Å²) in [6.45, 7) is 0.700. The molecule has 1 amide bonds. The van der Waals surface area contributed by atoms with Crippen molar-refractivity contribution >= 4 is 23.4 Å². The summed E-state index contributed by atoms with van der Waals surface area (Å²) in [5, 5.41) is 3.01. The number of hydrogen-bond acceptors (Lipinski definition) is 5. The molecule has 0 saturated heterocycles. The third-order valence-corrected chi connectivity index (χ3v) is 5.16. The molecule has 1 fully saturated rings. The molecule has 1 aliphatic carbocycles. The zero-order valence-electron chi connectivity index (χ0n) is 11.1. The quantitative estimate of drug-likeness (QED) is 0.566. The molecular formula is C13H20N4OS.